The van der Waals surface area contributed by atoms with Crippen LogP contribution in [0.4, 0.5) is 0 Å². The minimum atomic E-state index is -1.90. The molecule has 1 heterocycles. The molecule has 4 nitrogen and oxygen atoms in total. The van der Waals surface area contributed by atoms with E-state index in [9.17, 15) is 5.11 Å². The zero-order chi connectivity index (χ0) is 23.2. The molecule has 1 N–H and O–H groups in total. The molecule has 2 aliphatic carbocycles. The van der Waals surface area contributed by atoms with Gasteiger partial charge in [-0.1, -0.05) is 45.9 Å². The van der Waals surface area contributed by atoms with Gasteiger partial charge in [0.05, 0.1) is 24.4 Å². The molecule has 0 saturated carbocycles. The maximum absolute atomic E-state index is 11.3. The Morgan fingerprint density at radius 2 is 1.90 bits per heavy atom. The van der Waals surface area contributed by atoms with Crippen LogP contribution < -0.4 is 0 Å². The number of rotatable bonds is 3. The molecule has 1 aliphatic heterocycles. The van der Waals surface area contributed by atoms with Crippen LogP contribution in [0.5, 0.6) is 0 Å². The highest BCUT2D eigenvalue weighted by Gasteiger charge is 2.51. The first-order chi connectivity index (χ1) is 14.1. The second-order valence-corrected chi connectivity index (χ2v) is 17.2. The first-order valence-electron chi connectivity index (χ1n) is 12.2. The van der Waals surface area contributed by atoms with E-state index in [1.54, 1.807) is 0 Å². The largest absolute Gasteiger partial charge is 0.413 e. The van der Waals surface area contributed by atoms with Gasteiger partial charge < -0.3 is 19.0 Å². The molecule has 1 saturated heterocycles. The van der Waals surface area contributed by atoms with E-state index in [2.05, 4.69) is 65.9 Å². The Bertz CT molecular complexity index is 705. The monoisotopic (exact) mass is 450 g/mol. The molecule has 0 bridgehead atoms. The van der Waals surface area contributed by atoms with Gasteiger partial charge in [0.15, 0.2) is 14.1 Å². The summed E-state index contributed by atoms with van der Waals surface area (Å²) in [6.45, 7) is 20.4. The molecule has 0 aromatic carbocycles. The fourth-order valence-electron chi connectivity index (χ4n) is 5.22. The molecular formula is C26H46O4Si. The fraction of sp³-hybridized carbons (Fsp3) is 0.846. The van der Waals surface area contributed by atoms with E-state index in [-0.39, 0.29) is 16.7 Å². The quantitative estimate of drug-likeness (QED) is 0.410. The minimum absolute atomic E-state index is 0.0549. The lowest BCUT2D eigenvalue weighted by molar-refractivity contribution is -0.162. The van der Waals surface area contributed by atoms with Crippen LogP contribution in [0.2, 0.25) is 18.1 Å². The summed E-state index contributed by atoms with van der Waals surface area (Å²) in [5.41, 5.74) is 0.685. The third-order valence-corrected chi connectivity index (χ3v) is 12.8. The molecule has 0 radical (unpaired) electrons. The van der Waals surface area contributed by atoms with Crippen LogP contribution in [-0.4, -0.2) is 43.6 Å². The average molecular weight is 451 g/mol. The molecule has 3 aliphatic rings. The van der Waals surface area contributed by atoms with E-state index < -0.39 is 20.2 Å². The summed E-state index contributed by atoms with van der Waals surface area (Å²) in [6, 6.07) is 0. The van der Waals surface area contributed by atoms with Crippen LogP contribution in [0, 0.1) is 17.8 Å². The molecule has 0 aromatic rings. The lowest BCUT2D eigenvalue weighted by Gasteiger charge is -2.40. The van der Waals surface area contributed by atoms with Crippen molar-refractivity contribution in [3.8, 4) is 0 Å². The van der Waals surface area contributed by atoms with Crippen molar-refractivity contribution in [2.45, 2.75) is 116 Å². The van der Waals surface area contributed by atoms with E-state index in [4.69, 9.17) is 13.9 Å². The maximum atomic E-state index is 11.3. The van der Waals surface area contributed by atoms with Gasteiger partial charge in [0.25, 0.3) is 0 Å². The van der Waals surface area contributed by atoms with Crippen molar-refractivity contribution < 1.29 is 19.0 Å². The summed E-state index contributed by atoms with van der Waals surface area (Å²) in [6.07, 6.45) is 10.1. The van der Waals surface area contributed by atoms with Gasteiger partial charge in [-0.25, -0.2) is 0 Å². The Kier molecular flexibility index (Phi) is 7.07. The molecule has 0 spiro atoms. The van der Waals surface area contributed by atoms with Gasteiger partial charge >= 0.3 is 0 Å². The number of fused-ring (bicyclic) bond motifs is 2. The van der Waals surface area contributed by atoms with Crippen LogP contribution in [0.15, 0.2) is 23.8 Å². The van der Waals surface area contributed by atoms with E-state index in [1.807, 2.05) is 13.8 Å². The van der Waals surface area contributed by atoms with Crippen molar-refractivity contribution in [2.24, 2.45) is 17.8 Å². The summed E-state index contributed by atoms with van der Waals surface area (Å²) < 4.78 is 19.4. The van der Waals surface area contributed by atoms with Crippen LogP contribution in [0.1, 0.15) is 74.1 Å². The van der Waals surface area contributed by atoms with Gasteiger partial charge in [-0.15, -0.1) is 0 Å². The first kappa shape index (κ1) is 25.2. The molecule has 0 unspecified atom stereocenters. The first-order valence-corrected chi connectivity index (χ1v) is 15.1. The summed E-state index contributed by atoms with van der Waals surface area (Å²) in [7, 11) is -1.90. The van der Waals surface area contributed by atoms with Crippen molar-refractivity contribution >= 4 is 8.32 Å². The van der Waals surface area contributed by atoms with E-state index in [1.165, 1.54) is 0 Å². The van der Waals surface area contributed by atoms with Crippen molar-refractivity contribution in [3.63, 3.8) is 0 Å². The molecule has 178 valence electrons. The third kappa shape index (κ3) is 5.55. The summed E-state index contributed by atoms with van der Waals surface area (Å²) in [5.74, 6) is 0.725. The highest BCUT2D eigenvalue weighted by molar-refractivity contribution is 6.74. The van der Waals surface area contributed by atoms with Crippen LogP contribution in [0.25, 0.3) is 0 Å². The Balaban J connectivity index is 1.91. The summed E-state index contributed by atoms with van der Waals surface area (Å²) in [5, 5.41) is 11.4. The topological polar surface area (TPSA) is 47.9 Å². The molecule has 0 aromatic heterocycles. The number of ether oxygens (including phenoxy) is 2. The summed E-state index contributed by atoms with van der Waals surface area (Å²) >= 11 is 0. The van der Waals surface area contributed by atoms with E-state index >= 15 is 0 Å². The second-order valence-electron chi connectivity index (χ2n) is 12.4. The van der Waals surface area contributed by atoms with Gasteiger partial charge in [-0.2, -0.15) is 0 Å². The van der Waals surface area contributed by atoms with E-state index in [0.717, 1.165) is 24.8 Å². The van der Waals surface area contributed by atoms with Crippen LogP contribution in [0.3, 0.4) is 0 Å². The Morgan fingerprint density at radius 1 is 1.23 bits per heavy atom. The second kappa shape index (κ2) is 8.71. The highest BCUT2D eigenvalue weighted by Crippen LogP contribution is 2.46. The number of aliphatic hydroxyl groups is 1. The van der Waals surface area contributed by atoms with Gasteiger partial charge in [0, 0.05) is 0 Å². The highest BCUT2D eigenvalue weighted by atomic mass is 28.4. The van der Waals surface area contributed by atoms with Gasteiger partial charge in [0.2, 0.25) is 0 Å². The van der Waals surface area contributed by atoms with Gasteiger partial charge in [-0.3, -0.25) is 0 Å². The molecule has 31 heavy (non-hydrogen) atoms. The third-order valence-electron chi connectivity index (χ3n) is 8.29. The maximum Gasteiger partial charge on any atom is 0.192 e. The SMILES string of the molecule is C[C@@H]1C=CC[C@@H]2C[C@@H]3OC(C)(C)O[C@@]3(C)CC[C@H](O)/C(CO[Si](C)(C)C(C)(C)C)=C\[C@@H]21. The standard InChI is InChI=1S/C26H46O4Si/c1-18-11-10-12-19-16-23-26(7,30-25(5,6)29-23)14-13-22(27)20(15-21(18)19)17-28-31(8,9)24(2,3)4/h10-11,15,18-19,21-23,27H,12-14,16-17H2,1-9H3/b20-15-/t18-,19-,21-,22+,23+,26+/m1/s1. The molecule has 1 fully saturated rings. The number of hydrogen-bond acceptors (Lipinski definition) is 4. The van der Waals surface area contributed by atoms with Crippen molar-refractivity contribution in [3.05, 3.63) is 23.8 Å². The zero-order valence-electron chi connectivity index (χ0n) is 21.3. The van der Waals surface area contributed by atoms with Crippen molar-refractivity contribution in [1.29, 1.82) is 0 Å². The predicted octanol–water partition coefficient (Wildman–Crippen LogP) is 6.22. The van der Waals surface area contributed by atoms with Crippen LogP contribution in [-0.2, 0) is 13.9 Å². The minimum Gasteiger partial charge on any atom is -0.413 e. The lowest BCUT2D eigenvalue weighted by Crippen LogP contribution is -2.43. The fourth-order valence-corrected chi connectivity index (χ4v) is 6.18. The average Bonchev–Trinajstić information content (AvgIpc) is 2.85. The molecular weight excluding hydrogens is 404 g/mol. The van der Waals surface area contributed by atoms with Crippen molar-refractivity contribution in [2.75, 3.05) is 6.61 Å². The zero-order valence-corrected chi connectivity index (χ0v) is 22.3. The summed E-state index contributed by atoms with van der Waals surface area (Å²) in [4.78, 5) is 0. The molecule has 5 heteroatoms. The molecule has 0 amide bonds. The van der Waals surface area contributed by atoms with Crippen molar-refractivity contribution in [1.82, 2.24) is 0 Å². The normalized spacial score (nSPS) is 40.6. The van der Waals surface area contributed by atoms with Crippen LogP contribution >= 0.6 is 0 Å². The number of allylic oxidation sites excluding steroid dienone is 3. The van der Waals surface area contributed by atoms with E-state index in [0.29, 0.717) is 30.8 Å². The predicted molar refractivity (Wildman–Crippen MR) is 129 cm³/mol. The Hall–Kier alpha value is -0.463. The Labute approximate surface area is 191 Å². The Morgan fingerprint density at radius 3 is 2.55 bits per heavy atom. The number of hydrogen-bond donors (Lipinski definition) is 1. The van der Waals surface area contributed by atoms with Gasteiger partial charge in [-0.05, 0) is 87.9 Å². The number of aliphatic hydroxyl groups excluding tert-OH is 1. The smallest absolute Gasteiger partial charge is 0.192 e. The molecule has 6 atom stereocenters. The van der Waals surface area contributed by atoms with Gasteiger partial charge in [0.1, 0.15) is 0 Å². The molecule has 3 rings (SSSR count). The lowest BCUT2D eigenvalue weighted by atomic mass is 9.70.